The van der Waals surface area contributed by atoms with Crippen molar-refractivity contribution in [2.75, 3.05) is 13.6 Å². The third-order valence-corrected chi connectivity index (χ3v) is 1.83. The molecule has 17 heavy (non-hydrogen) atoms. The number of nitrogens with one attached hydrogen (secondary N) is 1. The van der Waals surface area contributed by atoms with Crippen LogP contribution in [0.5, 0.6) is 5.75 Å². The maximum Gasteiger partial charge on any atom is 1.00 e. The standard InChI is InChI=1S/C9H10BF3NO2.K/c1-16-8-4-2-3-7(5-8)9(15)14-6-10(11,12)13;/h2-5H,6H2,1H3,(H,14,15);/q-1;+1. The zero-order chi connectivity index (χ0) is 12.2. The number of hydrogen-bond acceptors (Lipinski definition) is 2. The number of carbonyl (C=O) groups excluding carboxylic acids is 1. The monoisotopic (exact) mass is 271 g/mol. The molecule has 0 aliphatic heterocycles. The van der Waals surface area contributed by atoms with E-state index in [9.17, 15) is 17.7 Å². The molecule has 1 aromatic rings. The molecule has 1 amide bonds. The summed E-state index contributed by atoms with van der Waals surface area (Å²) in [5.74, 6) is -0.344. The van der Waals surface area contributed by atoms with Crippen LogP contribution >= 0.6 is 0 Å². The van der Waals surface area contributed by atoms with Crippen molar-refractivity contribution in [3.05, 3.63) is 29.8 Å². The Bertz CT molecular complexity index is 387. The Morgan fingerprint density at radius 3 is 2.59 bits per heavy atom. The predicted molar refractivity (Wildman–Crippen MR) is 54.4 cm³/mol. The summed E-state index contributed by atoms with van der Waals surface area (Å²) in [6.07, 6.45) is -1.28. The molecule has 8 heteroatoms. The van der Waals surface area contributed by atoms with Crippen molar-refractivity contribution >= 4 is 12.9 Å². The maximum atomic E-state index is 11.9. The smallest absolute Gasteiger partial charge is 0.497 e. The van der Waals surface area contributed by atoms with Crippen molar-refractivity contribution in [2.24, 2.45) is 0 Å². The molecule has 0 aromatic heterocycles. The molecule has 1 N–H and O–H groups in total. The van der Waals surface area contributed by atoms with Gasteiger partial charge in [-0.05, 0) is 24.6 Å². The number of rotatable bonds is 4. The van der Waals surface area contributed by atoms with E-state index < -0.39 is 19.3 Å². The SMILES string of the molecule is COc1cccc(C(=O)NC[B-](F)(F)F)c1.[K+]. The van der Waals surface area contributed by atoms with E-state index in [0.29, 0.717) is 5.75 Å². The first-order valence-electron chi connectivity index (χ1n) is 4.55. The van der Waals surface area contributed by atoms with E-state index in [0.717, 1.165) is 0 Å². The second-order valence-corrected chi connectivity index (χ2v) is 3.15. The summed E-state index contributed by atoms with van der Waals surface area (Å²) in [6.45, 7) is -5.01. The Hall–Kier alpha value is -0.0187. The van der Waals surface area contributed by atoms with Gasteiger partial charge in [-0.15, -0.1) is 0 Å². The van der Waals surface area contributed by atoms with E-state index in [1.807, 2.05) is 0 Å². The van der Waals surface area contributed by atoms with Gasteiger partial charge in [-0.2, -0.15) is 0 Å². The molecule has 0 atom stereocenters. The van der Waals surface area contributed by atoms with Crippen LogP contribution in [0.3, 0.4) is 0 Å². The number of methoxy groups -OCH3 is 1. The summed E-state index contributed by atoms with van der Waals surface area (Å²) in [4.78, 5) is 11.3. The average molecular weight is 271 g/mol. The predicted octanol–water partition coefficient (Wildman–Crippen LogP) is -1.18. The van der Waals surface area contributed by atoms with Crippen LogP contribution in [0.2, 0.25) is 0 Å². The molecule has 1 aromatic carbocycles. The molecule has 3 nitrogen and oxygen atoms in total. The first-order valence-corrected chi connectivity index (χ1v) is 4.55. The van der Waals surface area contributed by atoms with Crippen molar-refractivity contribution in [1.29, 1.82) is 0 Å². The second-order valence-electron chi connectivity index (χ2n) is 3.15. The fourth-order valence-electron chi connectivity index (χ4n) is 1.07. The Kier molecular flexibility index (Phi) is 7.42. The summed E-state index contributed by atoms with van der Waals surface area (Å²) in [5.41, 5.74) is 0.138. The van der Waals surface area contributed by atoms with Gasteiger partial charge in [-0.1, -0.05) is 6.07 Å². The fraction of sp³-hybridized carbons (Fsp3) is 0.222. The minimum atomic E-state index is -5.01. The molecule has 0 aliphatic rings. The van der Waals surface area contributed by atoms with E-state index in [1.54, 1.807) is 11.4 Å². The summed E-state index contributed by atoms with van der Waals surface area (Å²) < 4.78 is 40.6. The van der Waals surface area contributed by atoms with Gasteiger partial charge in [0.25, 0.3) is 0 Å². The van der Waals surface area contributed by atoms with Gasteiger partial charge < -0.3 is 23.0 Å². The molecule has 1 rings (SSSR count). The summed E-state index contributed by atoms with van der Waals surface area (Å²) >= 11 is 0. The number of ether oxygens (including phenoxy) is 1. The van der Waals surface area contributed by atoms with Crippen LogP contribution < -0.4 is 61.4 Å². The van der Waals surface area contributed by atoms with Crippen molar-refractivity contribution in [3.8, 4) is 5.75 Å². The number of amides is 1. The first kappa shape index (κ1) is 17.0. The molecular formula is C9H10BF3KNO2. The molecule has 0 radical (unpaired) electrons. The number of hydrogen-bond donors (Lipinski definition) is 1. The number of halogens is 3. The van der Waals surface area contributed by atoms with Crippen LogP contribution in [-0.4, -0.2) is 26.4 Å². The third-order valence-electron chi connectivity index (χ3n) is 1.83. The molecule has 0 unspecified atom stereocenters. The fourth-order valence-corrected chi connectivity index (χ4v) is 1.07. The van der Waals surface area contributed by atoms with Gasteiger partial charge in [0.2, 0.25) is 5.91 Å². The van der Waals surface area contributed by atoms with E-state index in [4.69, 9.17) is 4.74 Å². The van der Waals surface area contributed by atoms with Crippen LogP contribution in [0, 0.1) is 0 Å². The molecule has 0 fully saturated rings. The number of benzene rings is 1. The van der Waals surface area contributed by atoms with Crippen LogP contribution in [0.25, 0.3) is 0 Å². The Morgan fingerprint density at radius 1 is 1.41 bits per heavy atom. The minimum absolute atomic E-state index is 0. The van der Waals surface area contributed by atoms with Crippen molar-refractivity contribution < 1.29 is 73.9 Å². The van der Waals surface area contributed by atoms with E-state index in [1.165, 1.54) is 25.3 Å². The van der Waals surface area contributed by atoms with E-state index in [2.05, 4.69) is 0 Å². The molecule has 0 saturated carbocycles. The van der Waals surface area contributed by atoms with E-state index >= 15 is 0 Å². The summed E-state index contributed by atoms with van der Waals surface area (Å²) in [5, 5.41) is 1.80. The quantitative estimate of drug-likeness (QED) is 0.700. The largest absolute Gasteiger partial charge is 1.00 e. The Labute approximate surface area is 140 Å². The summed E-state index contributed by atoms with van der Waals surface area (Å²) in [7, 11) is 1.41. The molecule has 0 aliphatic carbocycles. The van der Waals surface area contributed by atoms with Crippen LogP contribution in [-0.2, 0) is 0 Å². The van der Waals surface area contributed by atoms with Crippen LogP contribution in [0.15, 0.2) is 24.3 Å². The maximum absolute atomic E-state index is 11.9. The van der Waals surface area contributed by atoms with Crippen LogP contribution in [0.4, 0.5) is 12.9 Å². The van der Waals surface area contributed by atoms with Gasteiger partial charge in [0.05, 0.1) is 7.11 Å². The molecular weight excluding hydrogens is 261 g/mol. The third kappa shape index (κ3) is 6.47. The first-order chi connectivity index (χ1) is 7.42. The normalized spacial score (nSPS) is 10.4. The van der Waals surface area contributed by atoms with Gasteiger partial charge >= 0.3 is 58.4 Å². The number of carbonyl (C=O) groups is 1. The topological polar surface area (TPSA) is 38.3 Å². The Morgan fingerprint density at radius 2 is 2.06 bits per heavy atom. The van der Waals surface area contributed by atoms with Gasteiger partial charge in [0, 0.05) is 5.56 Å². The molecule has 0 bridgehead atoms. The summed E-state index contributed by atoms with van der Waals surface area (Å²) in [6, 6.07) is 5.93. The average Bonchev–Trinajstić information content (AvgIpc) is 2.25. The van der Waals surface area contributed by atoms with Crippen molar-refractivity contribution in [2.45, 2.75) is 0 Å². The molecule has 0 heterocycles. The Balaban J connectivity index is 0.00000256. The second kappa shape index (κ2) is 7.42. The van der Waals surface area contributed by atoms with Crippen molar-refractivity contribution in [3.63, 3.8) is 0 Å². The zero-order valence-electron chi connectivity index (χ0n) is 9.54. The van der Waals surface area contributed by atoms with Crippen LogP contribution in [0.1, 0.15) is 10.4 Å². The zero-order valence-corrected chi connectivity index (χ0v) is 12.7. The molecule has 88 valence electrons. The minimum Gasteiger partial charge on any atom is -0.497 e. The van der Waals surface area contributed by atoms with Gasteiger partial charge in [0.1, 0.15) is 5.75 Å². The van der Waals surface area contributed by atoms with Gasteiger partial charge in [-0.3, -0.25) is 4.79 Å². The molecule has 0 saturated heterocycles. The van der Waals surface area contributed by atoms with E-state index in [-0.39, 0.29) is 56.9 Å². The van der Waals surface area contributed by atoms with Crippen molar-refractivity contribution in [1.82, 2.24) is 5.32 Å². The van der Waals surface area contributed by atoms with Gasteiger partial charge in [-0.25, -0.2) is 0 Å². The van der Waals surface area contributed by atoms with Gasteiger partial charge in [0.15, 0.2) is 0 Å². The molecule has 0 spiro atoms.